The molecule has 0 spiro atoms. The van der Waals surface area contributed by atoms with E-state index in [9.17, 15) is 9.59 Å². The van der Waals surface area contributed by atoms with Crippen LogP contribution in [0.25, 0.3) is 6.08 Å². The zero-order chi connectivity index (χ0) is 15.8. The van der Waals surface area contributed by atoms with E-state index in [0.717, 1.165) is 5.56 Å². The molecule has 2 amide bonds. The molecule has 22 heavy (non-hydrogen) atoms. The topological polar surface area (TPSA) is 71.3 Å². The first-order chi connectivity index (χ1) is 10.6. The van der Waals surface area contributed by atoms with Gasteiger partial charge in [0.1, 0.15) is 0 Å². The molecule has 0 aliphatic heterocycles. The van der Waals surface area contributed by atoms with Crippen molar-refractivity contribution in [3.8, 4) is 0 Å². The molecule has 114 valence electrons. The van der Waals surface area contributed by atoms with E-state index in [1.807, 2.05) is 30.3 Å². The monoisotopic (exact) mass is 362 g/mol. The van der Waals surface area contributed by atoms with Crippen molar-refractivity contribution >= 4 is 33.8 Å². The van der Waals surface area contributed by atoms with Gasteiger partial charge < -0.3 is 15.1 Å². The van der Waals surface area contributed by atoms with Crippen molar-refractivity contribution in [3.63, 3.8) is 0 Å². The third-order valence-corrected chi connectivity index (χ3v) is 3.16. The van der Waals surface area contributed by atoms with Crippen molar-refractivity contribution in [3.05, 3.63) is 64.5 Å². The Kier molecular flexibility index (Phi) is 5.97. The predicted octanol–water partition coefficient (Wildman–Crippen LogP) is 2.60. The first-order valence-corrected chi connectivity index (χ1v) is 7.49. The van der Waals surface area contributed by atoms with Gasteiger partial charge in [-0.25, -0.2) is 0 Å². The Balaban J connectivity index is 1.67. The molecule has 1 aromatic carbocycles. The van der Waals surface area contributed by atoms with Crippen LogP contribution >= 0.6 is 15.9 Å². The van der Waals surface area contributed by atoms with Gasteiger partial charge in [-0.1, -0.05) is 30.3 Å². The molecule has 0 atom stereocenters. The van der Waals surface area contributed by atoms with Crippen LogP contribution in [-0.2, 0) is 4.79 Å². The lowest BCUT2D eigenvalue weighted by molar-refractivity contribution is -0.116. The number of nitrogens with one attached hydrogen (secondary N) is 2. The summed E-state index contributed by atoms with van der Waals surface area (Å²) >= 11 is 3.13. The normalized spacial score (nSPS) is 10.6. The van der Waals surface area contributed by atoms with Gasteiger partial charge in [0.05, 0.1) is 0 Å². The van der Waals surface area contributed by atoms with Crippen LogP contribution in [0.1, 0.15) is 16.1 Å². The molecule has 0 aliphatic carbocycles. The van der Waals surface area contributed by atoms with E-state index in [0.29, 0.717) is 17.8 Å². The van der Waals surface area contributed by atoms with Crippen molar-refractivity contribution in [2.24, 2.45) is 0 Å². The minimum Gasteiger partial charge on any atom is -0.444 e. The summed E-state index contributed by atoms with van der Waals surface area (Å²) in [5, 5.41) is 5.33. The fraction of sp³-hybridized carbons (Fsp3) is 0.125. The maximum Gasteiger partial charge on any atom is 0.287 e. The lowest BCUT2D eigenvalue weighted by Gasteiger charge is -2.04. The van der Waals surface area contributed by atoms with Crippen LogP contribution in [0, 0.1) is 0 Å². The van der Waals surface area contributed by atoms with Crippen molar-refractivity contribution < 1.29 is 14.0 Å². The molecule has 0 saturated carbocycles. The Labute approximate surface area is 136 Å². The van der Waals surface area contributed by atoms with Crippen LogP contribution in [0.4, 0.5) is 0 Å². The summed E-state index contributed by atoms with van der Waals surface area (Å²) in [7, 11) is 0. The molecule has 6 heteroatoms. The number of hydrogen-bond acceptors (Lipinski definition) is 3. The van der Waals surface area contributed by atoms with Crippen molar-refractivity contribution in [2.75, 3.05) is 13.1 Å². The summed E-state index contributed by atoms with van der Waals surface area (Å²) < 4.78 is 5.61. The first kappa shape index (κ1) is 16.0. The van der Waals surface area contributed by atoms with Gasteiger partial charge in [-0.15, -0.1) is 0 Å². The van der Waals surface area contributed by atoms with Gasteiger partial charge in [-0.2, -0.15) is 0 Å². The molecular weight excluding hydrogens is 348 g/mol. The average molecular weight is 363 g/mol. The molecule has 0 aliphatic rings. The van der Waals surface area contributed by atoms with E-state index in [2.05, 4.69) is 26.6 Å². The van der Waals surface area contributed by atoms with Gasteiger partial charge in [0.15, 0.2) is 10.4 Å². The van der Waals surface area contributed by atoms with E-state index < -0.39 is 0 Å². The molecule has 1 aromatic heterocycles. The largest absolute Gasteiger partial charge is 0.444 e. The van der Waals surface area contributed by atoms with Gasteiger partial charge >= 0.3 is 0 Å². The summed E-state index contributed by atoms with van der Waals surface area (Å²) in [5.41, 5.74) is 0.953. The summed E-state index contributed by atoms with van der Waals surface area (Å²) in [5.74, 6) is -0.305. The highest BCUT2D eigenvalue weighted by molar-refractivity contribution is 9.10. The number of benzene rings is 1. The van der Waals surface area contributed by atoms with Gasteiger partial charge in [-0.3, -0.25) is 9.59 Å². The van der Waals surface area contributed by atoms with Crippen molar-refractivity contribution in [1.29, 1.82) is 0 Å². The number of rotatable bonds is 6. The van der Waals surface area contributed by atoms with E-state index in [1.54, 1.807) is 18.2 Å². The summed E-state index contributed by atoms with van der Waals surface area (Å²) in [4.78, 5) is 23.3. The van der Waals surface area contributed by atoms with Crippen LogP contribution in [0.5, 0.6) is 0 Å². The molecule has 2 N–H and O–H groups in total. The van der Waals surface area contributed by atoms with Crippen molar-refractivity contribution in [1.82, 2.24) is 10.6 Å². The highest BCUT2D eigenvalue weighted by atomic mass is 79.9. The second kappa shape index (κ2) is 8.19. The number of carbonyl (C=O) groups is 2. The van der Waals surface area contributed by atoms with Crippen LogP contribution < -0.4 is 10.6 Å². The summed E-state index contributed by atoms with van der Waals surface area (Å²) in [6, 6.07) is 12.8. The van der Waals surface area contributed by atoms with E-state index in [1.165, 1.54) is 6.08 Å². The van der Waals surface area contributed by atoms with Gasteiger partial charge in [-0.05, 0) is 39.7 Å². The number of carbonyl (C=O) groups excluding carboxylic acids is 2. The second-order valence-electron chi connectivity index (χ2n) is 4.39. The maximum atomic E-state index is 11.7. The second-order valence-corrected chi connectivity index (χ2v) is 5.18. The van der Waals surface area contributed by atoms with E-state index in [-0.39, 0.29) is 17.6 Å². The highest BCUT2D eigenvalue weighted by Gasteiger charge is 2.09. The molecule has 0 unspecified atom stereocenters. The van der Waals surface area contributed by atoms with Gasteiger partial charge in [0.25, 0.3) is 5.91 Å². The first-order valence-electron chi connectivity index (χ1n) is 6.69. The van der Waals surface area contributed by atoms with Gasteiger partial charge in [0.2, 0.25) is 5.91 Å². The number of hydrogen-bond donors (Lipinski definition) is 2. The average Bonchev–Trinajstić information content (AvgIpc) is 2.97. The van der Waals surface area contributed by atoms with E-state index >= 15 is 0 Å². The van der Waals surface area contributed by atoms with Crippen LogP contribution in [0.3, 0.4) is 0 Å². The molecular formula is C16H15BrN2O3. The summed E-state index contributed by atoms with van der Waals surface area (Å²) in [6.45, 7) is 0.660. The van der Waals surface area contributed by atoms with E-state index in [4.69, 9.17) is 4.42 Å². The number of furan rings is 1. The number of halogens is 1. The Hall–Kier alpha value is -2.34. The Morgan fingerprint density at radius 1 is 1.05 bits per heavy atom. The van der Waals surface area contributed by atoms with Crippen LogP contribution in [-0.4, -0.2) is 24.9 Å². The molecule has 2 rings (SSSR count). The highest BCUT2D eigenvalue weighted by Crippen LogP contribution is 2.13. The summed E-state index contributed by atoms with van der Waals surface area (Å²) in [6.07, 6.45) is 3.19. The lowest BCUT2D eigenvalue weighted by Crippen LogP contribution is -2.33. The fourth-order valence-electron chi connectivity index (χ4n) is 1.68. The molecule has 0 saturated heterocycles. The molecule has 5 nitrogen and oxygen atoms in total. The molecule has 1 heterocycles. The van der Waals surface area contributed by atoms with Gasteiger partial charge in [0, 0.05) is 19.2 Å². The minimum absolute atomic E-state index is 0.209. The van der Waals surface area contributed by atoms with Crippen molar-refractivity contribution in [2.45, 2.75) is 0 Å². The Bertz CT molecular complexity index is 665. The molecule has 2 aromatic rings. The fourth-order valence-corrected chi connectivity index (χ4v) is 1.99. The molecule has 0 radical (unpaired) electrons. The molecule has 0 bridgehead atoms. The minimum atomic E-state index is -0.320. The Morgan fingerprint density at radius 2 is 1.77 bits per heavy atom. The number of amides is 2. The molecule has 0 fully saturated rings. The zero-order valence-electron chi connectivity index (χ0n) is 11.7. The third-order valence-electron chi connectivity index (χ3n) is 2.73. The van der Waals surface area contributed by atoms with Crippen LogP contribution in [0.15, 0.2) is 57.6 Å². The quantitative estimate of drug-likeness (QED) is 0.612. The van der Waals surface area contributed by atoms with Crippen LogP contribution in [0.2, 0.25) is 0 Å². The lowest BCUT2D eigenvalue weighted by atomic mass is 10.2. The third kappa shape index (κ3) is 5.21. The SMILES string of the molecule is O=C(/C=C/c1ccccc1)NCCNC(=O)c1ccc(Br)o1. The predicted molar refractivity (Wildman–Crippen MR) is 87.2 cm³/mol. The zero-order valence-corrected chi connectivity index (χ0v) is 13.3. The Morgan fingerprint density at radius 3 is 2.45 bits per heavy atom. The smallest absolute Gasteiger partial charge is 0.287 e. The standard InChI is InChI=1S/C16H15BrN2O3/c17-14-8-7-13(22-14)16(21)19-11-10-18-15(20)9-6-12-4-2-1-3-5-12/h1-9H,10-11H2,(H,18,20)(H,19,21)/b9-6+. The maximum absolute atomic E-state index is 11.7.